The molecule has 0 bridgehead atoms. The Morgan fingerprint density at radius 3 is 2.47 bits per heavy atom. The van der Waals surface area contributed by atoms with Crippen molar-refractivity contribution in [3.63, 3.8) is 0 Å². The number of hydrogen-bond acceptors (Lipinski definition) is 4. The van der Waals surface area contributed by atoms with Gasteiger partial charge in [0.25, 0.3) is 0 Å². The molecule has 1 aliphatic rings. The summed E-state index contributed by atoms with van der Waals surface area (Å²) in [7, 11) is 2.17. The van der Waals surface area contributed by atoms with Gasteiger partial charge in [-0.05, 0) is 59.4 Å². The first-order valence-electron chi connectivity index (χ1n) is 7.67. The van der Waals surface area contributed by atoms with Gasteiger partial charge in [0.1, 0.15) is 0 Å². The first-order valence-corrected chi connectivity index (χ1v) is 7.67. The predicted molar refractivity (Wildman–Crippen MR) is 78.3 cm³/mol. The first kappa shape index (κ1) is 16.4. The summed E-state index contributed by atoms with van der Waals surface area (Å²) in [6.07, 6.45) is 3.85. The Hall–Kier alpha value is -0.610. The van der Waals surface area contributed by atoms with Crippen molar-refractivity contribution in [3.05, 3.63) is 0 Å². The van der Waals surface area contributed by atoms with Gasteiger partial charge in [-0.15, -0.1) is 0 Å². The average molecular weight is 270 g/mol. The third-order valence-corrected chi connectivity index (χ3v) is 4.35. The van der Waals surface area contributed by atoms with Crippen LogP contribution in [0.25, 0.3) is 0 Å². The zero-order valence-electron chi connectivity index (χ0n) is 13.1. The van der Waals surface area contributed by atoms with E-state index in [1.54, 1.807) is 0 Å². The van der Waals surface area contributed by atoms with Crippen LogP contribution in [0.1, 0.15) is 46.5 Å². The molecule has 1 rings (SSSR count). The Bertz CT molecular complexity index is 279. The Balaban J connectivity index is 2.85. The summed E-state index contributed by atoms with van der Waals surface area (Å²) in [5, 5.41) is 0. The lowest BCUT2D eigenvalue weighted by atomic mass is 9.85. The molecule has 1 unspecified atom stereocenters. The minimum absolute atomic E-state index is 0.000509. The van der Waals surface area contributed by atoms with Crippen LogP contribution in [0.4, 0.5) is 0 Å². The summed E-state index contributed by atoms with van der Waals surface area (Å²) in [5.74, 6) is -0.0426. The van der Waals surface area contributed by atoms with E-state index >= 15 is 0 Å². The fourth-order valence-electron chi connectivity index (χ4n) is 3.29. The van der Waals surface area contributed by atoms with Gasteiger partial charge in [0.15, 0.2) is 0 Å². The second-order valence-electron chi connectivity index (χ2n) is 5.54. The molecule has 19 heavy (non-hydrogen) atoms. The third-order valence-electron chi connectivity index (χ3n) is 4.35. The molecule has 0 aromatic carbocycles. The summed E-state index contributed by atoms with van der Waals surface area (Å²) in [6.45, 7) is 10.9. The zero-order chi connectivity index (χ0) is 14.3. The minimum Gasteiger partial charge on any atom is -0.466 e. The van der Waals surface area contributed by atoms with Gasteiger partial charge in [0.05, 0.1) is 13.0 Å². The Morgan fingerprint density at radius 1 is 1.21 bits per heavy atom. The van der Waals surface area contributed by atoms with Crippen molar-refractivity contribution in [1.82, 2.24) is 9.80 Å². The van der Waals surface area contributed by atoms with E-state index in [0.717, 1.165) is 45.4 Å². The van der Waals surface area contributed by atoms with E-state index in [2.05, 4.69) is 30.7 Å². The molecular weight excluding hydrogens is 240 g/mol. The Kier molecular flexibility index (Phi) is 6.80. The second-order valence-corrected chi connectivity index (χ2v) is 5.54. The lowest BCUT2D eigenvalue weighted by Gasteiger charge is -2.42. The van der Waals surface area contributed by atoms with Crippen molar-refractivity contribution in [2.24, 2.45) is 0 Å². The van der Waals surface area contributed by atoms with Gasteiger partial charge in [-0.3, -0.25) is 9.69 Å². The number of carbonyl (C=O) groups is 1. The van der Waals surface area contributed by atoms with Gasteiger partial charge in [-0.2, -0.15) is 0 Å². The number of likely N-dealkylation sites (tertiary alicyclic amines) is 1. The average Bonchev–Trinajstić information content (AvgIpc) is 2.54. The van der Waals surface area contributed by atoms with Crippen molar-refractivity contribution in [3.8, 4) is 0 Å². The van der Waals surface area contributed by atoms with E-state index in [9.17, 15) is 4.79 Å². The molecular formula is C15H30N2O2. The van der Waals surface area contributed by atoms with Crippen LogP contribution >= 0.6 is 0 Å². The van der Waals surface area contributed by atoms with Crippen LogP contribution in [-0.4, -0.2) is 61.1 Å². The Labute approximate surface area is 118 Å². The largest absolute Gasteiger partial charge is 0.466 e. The van der Waals surface area contributed by atoms with Crippen LogP contribution in [0.2, 0.25) is 0 Å². The van der Waals surface area contributed by atoms with Crippen molar-refractivity contribution < 1.29 is 9.53 Å². The fourth-order valence-corrected chi connectivity index (χ4v) is 3.29. The van der Waals surface area contributed by atoms with E-state index < -0.39 is 0 Å². The smallest absolute Gasteiger partial charge is 0.307 e. The molecule has 1 saturated heterocycles. The Morgan fingerprint density at radius 2 is 1.89 bits per heavy atom. The van der Waals surface area contributed by atoms with Gasteiger partial charge in [0, 0.05) is 5.54 Å². The number of hydrogen-bond donors (Lipinski definition) is 0. The maximum absolute atomic E-state index is 12.0. The molecule has 0 N–H and O–H groups in total. The SMILES string of the molecule is CCOC(=O)CC1(N(CC)CC)CCCN(C)CC1. The number of carbonyl (C=O) groups excluding carboxylic acids is 1. The maximum Gasteiger partial charge on any atom is 0.307 e. The molecule has 1 atom stereocenters. The van der Waals surface area contributed by atoms with Crippen LogP contribution in [0, 0.1) is 0 Å². The molecule has 1 fully saturated rings. The van der Waals surface area contributed by atoms with E-state index in [-0.39, 0.29) is 11.5 Å². The second kappa shape index (κ2) is 7.85. The number of ether oxygens (including phenoxy) is 1. The van der Waals surface area contributed by atoms with E-state index in [1.807, 2.05) is 6.92 Å². The molecule has 4 nitrogen and oxygen atoms in total. The molecule has 0 aromatic rings. The monoisotopic (exact) mass is 270 g/mol. The highest BCUT2D eigenvalue weighted by Gasteiger charge is 2.38. The lowest BCUT2D eigenvalue weighted by Crippen LogP contribution is -2.50. The van der Waals surface area contributed by atoms with Crippen LogP contribution in [0.5, 0.6) is 0 Å². The zero-order valence-corrected chi connectivity index (χ0v) is 13.1. The molecule has 1 aliphatic heterocycles. The van der Waals surface area contributed by atoms with E-state index in [1.165, 1.54) is 0 Å². The summed E-state index contributed by atoms with van der Waals surface area (Å²) in [5.41, 5.74) is 0.000509. The summed E-state index contributed by atoms with van der Waals surface area (Å²) in [6, 6.07) is 0. The maximum atomic E-state index is 12.0. The molecule has 0 spiro atoms. The number of rotatable bonds is 6. The summed E-state index contributed by atoms with van der Waals surface area (Å²) < 4.78 is 5.20. The van der Waals surface area contributed by atoms with E-state index in [4.69, 9.17) is 4.74 Å². The van der Waals surface area contributed by atoms with Crippen molar-refractivity contribution in [2.75, 3.05) is 39.8 Å². The summed E-state index contributed by atoms with van der Waals surface area (Å²) >= 11 is 0. The predicted octanol–water partition coefficient (Wildman–Crippen LogP) is 2.14. The van der Waals surface area contributed by atoms with Crippen LogP contribution in [0.15, 0.2) is 0 Å². The van der Waals surface area contributed by atoms with Crippen molar-refractivity contribution in [1.29, 1.82) is 0 Å². The lowest BCUT2D eigenvalue weighted by molar-refractivity contribution is -0.147. The topological polar surface area (TPSA) is 32.8 Å². The molecule has 0 aromatic heterocycles. The highest BCUT2D eigenvalue weighted by Crippen LogP contribution is 2.32. The molecule has 0 amide bonds. The number of esters is 1. The molecule has 112 valence electrons. The van der Waals surface area contributed by atoms with Gasteiger partial charge < -0.3 is 9.64 Å². The fraction of sp³-hybridized carbons (Fsp3) is 0.933. The van der Waals surface area contributed by atoms with Crippen molar-refractivity contribution >= 4 is 5.97 Å². The molecule has 4 heteroatoms. The van der Waals surface area contributed by atoms with Crippen LogP contribution < -0.4 is 0 Å². The van der Waals surface area contributed by atoms with E-state index in [0.29, 0.717) is 13.0 Å². The quantitative estimate of drug-likeness (QED) is 0.692. The summed E-state index contributed by atoms with van der Waals surface area (Å²) in [4.78, 5) is 16.8. The van der Waals surface area contributed by atoms with Gasteiger partial charge >= 0.3 is 5.97 Å². The highest BCUT2D eigenvalue weighted by atomic mass is 16.5. The molecule has 0 aliphatic carbocycles. The van der Waals surface area contributed by atoms with Crippen LogP contribution in [0.3, 0.4) is 0 Å². The van der Waals surface area contributed by atoms with Gasteiger partial charge in [-0.1, -0.05) is 13.8 Å². The molecule has 0 saturated carbocycles. The molecule has 0 radical (unpaired) electrons. The normalized spacial score (nSPS) is 25.3. The minimum atomic E-state index is -0.0426. The number of nitrogens with zero attached hydrogens (tertiary/aromatic N) is 2. The highest BCUT2D eigenvalue weighted by molar-refractivity contribution is 5.71. The van der Waals surface area contributed by atoms with Gasteiger partial charge in [-0.25, -0.2) is 0 Å². The third kappa shape index (κ3) is 4.46. The molecule has 1 heterocycles. The van der Waals surface area contributed by atoms with Gasteiger partial charge in [0.2, 0.25) is 0 Å². The first-order chi connectivity index (χ1) is 9.07. The standard InChI is InChI=1S/C15H30N2O2/c1-5-17(6-2)15(13-14(18)19-7-3)9-8-11-16(4)12-10-15/h5-13H2,1-4H3. The van der Waals surface area contributed by atoms with Crippen molar-refractivity contribution in [2.45, 2.75) is 52.0 Å². The van der Waals surface area contributed by atoms with Crippen LogP contribution in [-0.2, 0) is 9.53 Å².